The molecule has 2 heterocycles. The highest BCUT2D eigenvalue weighted by atomic mass is 16.1. The lowest BCUT2D eigenvalue weighted by Gasteiger charge is -2.21. The van der Waals surface area contributed by atoms with Crippen molar-refractivity contribution >= 4 is 17.8 Å². The van der Waals surface area contributed by atoms with Gasteiger partial charge in [-0.15, -0.1) is 0 Å². The molecule has 7 nitrogen and oxygen atoms in total. The van der Waals surface area contributed by atoms with Gasteiger partial charge >= 0.3 is 0 Å². The monoisotopic (exact) mass is 408 g/mol. The highest BCUT2D eigenvalue weighted by Gasteiger charge is 2.13. The topological polar surface area (TPSA) is 98.5 Å². The van der Waals surface area contributed by atoms with E-state index in [9.17, 15) is 4.79 Å². The number of nitrogens with zero attached hydrogens (tertiary/aromatic N) is 2. The lowest BCUT2D eigenvalue weighted by Crippen LogP contribution is -2.33. The smallest absolute Gasteiger partial charge is 0.220 e. The number of benzene rings is 1. The van der Waals surface area contributed by atoms with Crippen LogP contribution in [0.3, 0.4) is 0 Å². The van der Waals surface area contributed by atoms with Crippen LogP contribution in [0.5, 0.6) is 0 Å². The maximum atomic E-state index is 11.9. The zero-order valence-electron chi connectivity index (χ0n) is 17.9. The second-order valence-corrected chi connectivity index (χ2v) is 7.83. The Hall–Kier alpha value is -2.90. The zero-order chi connectivity index (χ0) is 21.5. The summed E-state index contributed by atoms with van der Waals surface area (Å²) in [6.45, 7) is 10.5. The van der Waals surface area contributed by atoms with Crippen molar-refractivity contribution in [3.8, 4) is 0 Å². The van der Waals surface area contributed by atoms with Crippen molar-refractivity contribution in [3.05, 3.63) is 64.7 Å². The molecule has 0 saturated heterocycles. The number of aromatic nitrogens is 1. The van der Waals surface area contributed by atoms with E-state index in [1.165, 1.54) is 5.56 Å². The third-order valence-corrected chi connectivity index (χ3v) is 4.84. The van der Waals surface area contributed by atoms with Crippen LogP contribution in [0.4, 0.5) is 5.69 Å². The third kappa shape index (κ3) is 5.81. The number of nitrogens with one attached hydrogen (secondary N) is 3. The van der Waals surface area contributed by atoms with Crippen molar-refractivity contribution in [2.75, 3.05) is 18.0 Å². The summed E-state index contributed by atoms with van der Waals surface area (Å²) >= 11 is 0. The highest BCUT2D eigenvalue weighted by molar-refractivity contribution is 5.76. The number of carbonyl (C=O) groups is 1. The molecular formula is C23H32N6O. The van der Waals surface area contributed by atoms with E-state index in [4.69, 9.17) is 5.73 Å². The molecule has 0 fully saturated rings. The number of H-pyrrole nitrogens is 1. The number of carbonyl (C=O) groups excluding carboxylic acids is 1. The number of aryl methyl sites for hydroxylation is 1. The molecule has 0 aliphatic carbocycles. The lowest BCUT2D eigenvalue weighted by molar-refractivity contribution is -0.121. The van der Waals surface area contributed by atoms with Gasteiger partial charge in [0, 0.05) is 41.8 Å². The molecule has 1 aromatic heterocycles. The van der Waals surface area contributed by atoms with Crippen molar-refractivity contribution in [1.29, 1.82) is 0 Å². The molecule has 0 radical (unpaired) electrons. The van der Waals surface area contributed by atoms with Crippen molar-refractivity contribution in [2.24, 2.45) is 10.7 Å². The molecule has 0 unspecified atom stereocenters. The number of fused-ring (bicyclic) bond motifs is 1. The summed E-state index contributed by atoms with van der Waals surface area (Å²) in [4.78, 5) is 21.8. The van der Waals surface area contributed by atoms with E-state index < -0.39 is 0 Å². The normalized spacial score (nSPS) is 13.1. The molecule has 0 spiro atoms. The Bertz CT molecular complexity index is 990. The van der Waals surface area contributed by atoms with Gasteiger partial charge in [-0.25, -0.2) is 4.99 Å². The number of rotatable bonds is 10. The van der Waals surface area contributed by atoms with Crippen molar-refractivity contribution < 1.29 is 4.79 Å². The van der Waals surface area contributed by atoms with Gasteiger partial charge in [0.1, 0.15) is 11.3 Å². The van der Waals surface area contributed by atoms with Crippen molar-refractivity contribution in [2.45, 2.75) is 45.7 Å². The Kier molecular flexibility index (Phi) is 7.43. The van der Waals surface area contributed by atoms with Crippen LogP contribution in [0.25, 0.3) is 6.20 Å². The van der Waals surface area contributed by atoms with Gasteiger partial charge in [-0.3, -0.25) is 4.79 Å². The summed E-state index contributed by atoms with van der Waals surface area (Å²) in [6, 6.07) is 10.6. The van der Waals surface area contributed by atoms with E-state index in [0.717, 1.165) is 41.6 Å². The van der Waals surface area contributed by atoms with Crippen LogP contribution < -0.4 is 32.0 Å². The van der Waals surface area contributed by atoms with E-state index in [2.05, 4.69) is 57.5 Å². The minimum atomic E-state index is 0.0575. The Morgan fingerprint density at radius 3 is 2.77 bits per heavy atom. The van der Waals surface area contributed by atoms with Crippen LogP contribution in [0, 0.1) is 0 Å². The summed E-state index contributed by atoms with van der Waals surface area (Å²) < 4.78 is 0. The molecule has 160 valence electrons. The largest absolute Gasteiger partial charge is 0.354 e. The van der Waals surface area contributed by atoms with Crippen LogP contribution >= 0.6 is 0 Å². The quantitative estimate of drug-likeness (QED) is 0.445. The van der Waals surface area contributed by atoms with Crippen LogP contribution in [0.15, 0.2) is 47.7 Å². The fourth-order valence-electron chi connectivity index (χ4n) is 3.34. The average molecular weight is 409 g/mol. The minimum absolute atomic E-state index is 0.0575. The molecule has 7 heteroatoms. The van der Waals surface area contributed by atoms with Gasteiger partial charge in [0.25, 0.3) is 0 Å². The molecule has 1 aliphatic heterocycles. The van der Waals surface area contributed by atoms with Gasteiger partial charge in [0.05, 0.1) is 0 Å². The Balaban J connectivity index is 1.67. The maximum absolute atomic E-state index is 11.9. The number of anilines is 1. The zero-order valence-corrected chi connectivity index (χ0v) is 17.9. The van der Waals surface area contributed by atoms with Crippen LogP contribution in [-0.2, 0) is 17.8 Å². The van der Waals surface area contributed by atoms with Gasteiger partial charge < -0.3 is 26.3 Å². The van der Waals surface area contributed by atoms with E-state index in [1.54, 1.807) is 0 Å². The third-order valence-electron chi connectivity index (χ3n) is 4.84. The van der Waals surface area contributed by atoms with Gasteiger partial charge in [-0.1, -0.05) is 18.7 Å². The van der Waals surface area contributed by atoms with Gasteiger partial charge in [-0.2, -0.15) is 0 Å². The molecule has 1 amide bonds. The van der Waals surface area contributed by atoms with Gasteiger partial charge in [-0.05, 0) is 63.5 Å². The summed E-state index contributed by atoms with van der Waals surface area (Å²) in [6.07, 6.45) is 4.11. The van der Waals surface area contributed by atoms with E-state index in [-0.39, 0.29) is 11.9 Å². The van der Waals surface area contributed by atoms with Gasteiger partial charge in [0.2, 0.25) is 5.91 Å². The van der Waals surface area contributed by atoms with Crippen molar-refractivity contribution in [3.63, 3.8) is 0 Å². The fourth-order valence-corrected chi connectivity index (χ4v) is 3.34. The minimum Gasteiger partial charge on any atom is -0.354 e. The number of nitrogens with two attached hydrogens (primary N) is 1. The number of hydrogen-bond acceptors (Lipinski definition) is 5. The fraction of sp³-hybridized carbons (Fsp3) is 0.391. The van der Waals surface area contributed by atoms with Crippen molar-refractivity contribution in [1.82, 2.24) is 15.6 Å². The first kappa shape index (κ1) is 21.8. The number of aromatic amines is 1. The Morgan fingerprint density at radius 2 is 2.07 bits per heavy atom. The number of amides is 1. The predicted octanol–water partition coefficient (Wildman–Crippen LogP) is 1.26. The van der Waals surface area contributed by atoms with Crippen LogP contribution in [0.2, 0.25) is 0 Å². The molecular weight excluding hydrogens is 376 g/mol. The Labute approximate surface area is 177 Å². The second-order valence-electron chi connectivity index (χ2n) is 7.83. The van der Waals surface area contributed by atoms with E-state index in [1.807, 2.05) is 24.9 Å². The molecule has 5 N–H and O–H groups in total. The molecule has 30 heavy (non-hydrogen) atoms. The summed E-state index contributed by atoms with van der Waals surface area (Å²) in [7, 11) is 0. The summed E-state index contributed by atoms with van der Waals surface area (Å²) in [5.41, 5.74) is 9.54. The summed E-state index contributed by atoms with van der Waals surface area (Å²) in [5.74, 6) is 0.712. The molecule has 2 aromatic rings. The number of hydrogen-bond donors (Lipinski definition) is 4. The average Bonchev–Trinajstić information content (AvgIpc) is 3.11. The molecule has 0 saturated carbocycles. The maximum Gasteiger partial charge on any atom is 0.220 e. The standard InChI is InChI=1S/C23H32N6O/c1-16(2)26-22(30)10-7-20-13-19-15-29(17(3)27-23(19)28-20)21-8-5-18(6-9-21)14-25-12-4-11-24/h5-6,8-9,13,15-16,25H,3-4,7,10-12,14,24H2,1-2H3,(H,26,30)(H,27,28). The SMILES string of the molecule is C=C1N=c2[nH]c(CCC(=O)NC(C)C)cc2=CN1c1ccc(CNCCCN)cc1. The first-order valence-corrected chi connectivity index (χ1v) is 10.5. The highest BCUT2D eigenvalue weighted by Crippen LogP contribution is 2.21. The van der Waals surface area contributed by atoms with E-state index in [0.29, 0.717) is 25.2 Å². The second kappa shape index (κ2) is 10.2. The summed E-state index contributed by atoms with van der Waals surface area (Å²) in [5, 5.41) is 7.30. The molecule has 0 atom stereocenters. The van der Waals surface area contributed by atoms with Crippen LogP contribution in [-0.4, -0.2) is 30.0 Å². The molecule has 1 aromatic carbocycles. The molecule has 0 bridgehead atoms. The predicted molar refractivity (Wildman–Crippen MR) is 121 cm³/mol. The first-order chi connectivity index (χ1) is 14.5. The van der Waals surface area contributed by atoms with Crippen LogP contribution in [0.1, 0.15) is 37.9 Å². The van der Waals surface area contributed by atoms with Gasteiger partial charge in [0.15, 0.2) is 0 Å². The Morgan fingerprint density at radius 1 is 1.30 bits per heavy atom. The molecule has 1 aliphatic rings. The lowest BCUT2D eigenvalue weighted by atomic mass is 10.2. The molecule has 3 rings (SSSR count). The first-order valence-electron chi connectivity index (χ1n) is 10.5. The van der Waals surface area contributed by atoms with E-state index >= 15 is 0 Å².